The Hall–Kier alpha value is -2.52. The van der Waals surface area contributed by atoms with Gasteiger partial charge in [0.2, 0.25) is 0 Å². The van der Waals surface area contributed by atoms with Crippen LogP contribution in [0.3, 0.4) is 0 Å². The predicted molar refractivity (Wildman–Crippen MR) is 104 cm³/mol. The third kappa shape index (κ3) is 4.12. The van der Waals surface area contributed by atoms with Crippen molar-refractivity contribution in [2.75, 3.05) is 20.8 Å². The van der Waals surface area contributed by atoms with Gasteiger partial charge in [0.05, 0.1) is 13.7 Å². The molecule has 3 aromatic rings. The summed E-state index contributed by atoms with van der Waals surface area (Å²) in [5.74, 6) is 1.82. The van der Waals surface area contributed by atoms with Crippen LogP contribution in [0, 0.1) is 6.92 Å². The second-order valence-electron chi connectivity index (χ2n) is 6.23. The molecule has 0 heterocycles. The highest BCUT2D eigenvalue weighted by molar-refractivity contribution is 5.88. The van der Waals surface area contributed by atoms with E-state index in [4.69, 9.17) is 9.47 Å². The van der Waals surface area contributed by atoms with E-state index >= 15 is 0 Å². The van der Waals surface area contributed by atoms with Gasteiger partial charge in [-0.2, -0.15) is 0 Å². The summed E-state index contributed by atoms with van der Waals surface area (Å²) in [6.45, 7) is 2.77. The van der Waals surface area contributed by atoms with Crippen molar-refractivity contribution in [1.29, 1.82) is 0 Å². The molecule has 0 saturated heterocycles. The van der Waals surface area contributed by atoms with Crippen molar-refractivity contribution in [3.05, 3.63) is 71.8 Å². The quantitative estimate of drug-likeness (QED) is 0.667. The maximum absolute atomic E-state index is 6.09. The Morgan fingerprint density at radius 3 is 2.52 bits per heavy atom. The third-order valence-electron chi connectivity index (χ3n) is 4.53. The Kier molecular flexibility index (Phi) is 5.56. The highest BCUT2D eigenvalue weighted by atomic mass is 16.5. The standard InChI is InChI=1S/C22H25NO2/c1-16-7-12-20-18(15-16)5-4-6-22(20)25-14-13-21(23-2)17-8-10-19(24-3)11-9-17/h4-12,15,21,23H,13-14H2,1-3H3. The van der Waals surface area contributed by atoms with Crippen molar-refractivity contribution in [3.63, 3.8) is 0 Å². The SMILES string of the molecule is CNC(CCOc1cccc2cc(C)ccc12)c1ccc(OC)cc1. The van der Waals surface area contributed by atoms with Gasteiger partial charge in [-0.3, -0.25) is 0 Å². The molecule has 0 aliphatic heterocycles. The smallest absolute Gasteiger partial charge is 0.127 e. The van der Waals surface area contributed by atoms with Crippen LogP contribution >= 0.6 is 0 Å². The molecule has 130 valence electrons. The largest absolute Gasteiger partial charge is 0.497 e. The molecule has 3 heteroatoms. The molecule has 25 heavy (non-hydrogen) atoms. The summed E-state index contributed by atoms with van der Waals surface area (Å²) < 4.78 is 11.3. The molecule has 0 bridgehead atoms. The van der Waals surface area contributed by atoms with E-state index < -0.39 is 0 Å². The van der Waals surface area contributed by atoms with Gasteiger partial charge in [0.15, 0.2) is 0 Å². The van der Waals surface area contributed by atoms with Crippen molar-refractivity contribution < 1.29 is 9.47 Å². The molecule has 1 N–H and O–H groups in total. The van der Waals surface area contributed by atoms with Crippen molar-refractivity contribution in [2.24, 2.45) is 0 Å². The van der Waals surface area contributed by atoms with E-state index in [1.54, 1.807) is 7.11 Å². The summed E-state index contributed by atoms with van der Waals surface area (Å²) in [7, 11) is 3.67. The fourth-order valence-electron chi connectivity index (χ4n) is 3.10. The summed E-state index contributed by atoms with van der Waals surface area (Å²) in [5.41, 5.74) is 2.50. The molecule has 0 radical (unpaired) electrons. The number of methoxy groups -OCH3 is 1. The molecule has 0 amide bonds. The van der Waals surface area contributed by atoms with E-state index in [1.807, 2.05) is 25.2 Å². The van der Waals surface area contributed by atoms with Crippen LogP contribution in [0.2, 0.25) is 0 Å². The molecular formula is C22H25NO2. The second-order valence-corrected chi connectivity index (χ2v) is 6.23. The average Bonchev–Trinajstić information content (AvgIpc) is 2.65. The van der Waals surface area contributed by atoms with Gasteiger partial charge < -0.3 is 14.8 Å². The van der Waals surface area contributed by atoms with E-state index in [-0.39, 0.29) is 6.04 Å². The normalized spacial score (nSPS) is 12.1. The van der Waals surface area contributed by atoms with Crippen LogP contribution in [0.1, 0.15) is 23.6 Å². The Labute approximate surface area is 149 Å². The van der Waals surface area contributed by atoms with E-state index in [9.17, 15) is 0 Å². The first kappa shape index (κ1) is 17.3. The molecule has 0 aromatic heterocycles. The Bertz CT molecular complexity index is 827. The minimum atomic E-state index is 0.253. The fourth-order valence-corrected chi connectivity index (χ4v) is 3.10. The minimum absolute atomic E-state index is 0.253. The number of nitrogens with one attached hydrogen (secondary N) is 1. The van der Waals surface area contributed by atoms with Crippen LogP contribution in [0.15, 0.2) is 60.7 Å². The molecule has 3 rings (SSSR count). The first-order valence-electron chi connectivity index (χ1n) is 8.64. The molecular weight excluding hydrogens is 310 g/mol. The number of benzene rings is 3. The summed E-state index contributed by atoms with van der Waals surface area (Å²) >= 11 is 0. The summed E-state index contributed by atoms with van der Waals surface area (Å²) in [6.07, 6.45) is 0.894. The van der Waals surface area contributed by atoms with Gasteiger partial charge in [0.1, 0.15) is 11.5 Å². The van der Waals surface area contributed by atoms with Crippen LogP contribution < -0.4 is 14.8 Å². The Morgan fingerprint density at radius 1 is 1.00 bits per heavy atom. The molecule has 1 atom stereocenters. The van der Waals surface area contributed by atoms with Crippen LogP contribution in [0.25, 0.3) is 10.8 Å². The summed E-state index contributed by atoms with van der Waals surface area (Å²) in [5, 5.41) is 5.75. The first-order valence-corrected chi connectivity index (χ1v) is 8.64. The number of rotatable bonds is 7. The molecule has 0 spiro atoms. The number of ether oxygens (including phenoxy) is 2. The van der Waals surface area contributed by atoms with Gasteiger partial charge in [-0.1, -0.05) is 48.0 Å². The van der Waals surface area contributed by atoms with Gasteiger partial charge in [0, 0.05) is 17.8 Å². The highest BCUT2D eigenvalue weighted by Crippen LogP contribution is 2.27. The molecule has 3 nitrogen and oxygen atoms in total. The van der Waals surface area contributed by atoms with E-state index in [2.05, 4.69) is 54.7 Å². The first-order chi connectivity index (χ1) is 12.2. The Morgan fingerprint density at radius 2 is 1.80 bits per heavy atom. The topological polar surface area (TPSA) is 30.5 Å². The van der Waals surface area contributed by atoms with Crippen LogP contribution in [-0.2, 0) is 0 Å². The van der Waals surface area contributed by atoms with Crippen molar-refractivity contribution in [1.82, 2.24) is 5.32 Å². The van der Waals surface area contributed by atoms with Crippen LogP contribution in [-0.4, -0.2) is 20.8 Å². The van der Waals surface area contributed by atoms with Crippen molar-refractivity contribution in [3.8, 4) is 11.5 Å². The van der Waals surface area contributed by atoms with Gasteiger partial charge in [-0.25, -0.2) is 0 Å². The Balaban J connectivity index is 1.66. The monoisotopic (exact) mass is 335 g/mol. The van der Waals surface area contributed by atoms with E-state index in [0.29, 0.717) is 6.61 Å². The maximum Gasteiger partial charge on any atom is 0.127 e. The minimum Gasteiger partial charge on any atom is -0.497 e. The van der Waals surface area contributed by atoms with Gasteiger partial charge in [0.25, 0.3) is 0 Å². The van der Waals surface area contributed by atoms with Gasteiger partial charge in [-0.05, 0) is 43.1 Å². The lowest BCUT2D eigenvalue weighted by Gasteiger charge is -2.18. The summed E-state index contributed by atoms with van der Waals surface area (Å²) in [6, 6.07) is 21.1. The maximum atomic E-state index is 6.09. The van der Waals surface area contributed by atoms with Crippen molar-refractivity contribution in [2.45, 2.75) is 19.4 Å². The zero-order valence-corrected chi connectivity index (χ0v) is 15.1. The third-order valence-corrected chi connectivity index (χ3v) is 4.53. The lowest BCUT2D eigenvalue weighted by molar-refractivity contribution is 0.293. The lowest BCUT2D eigenvalue weighted by Crippen LogP contribution is -2.19. The predicted octanol–water partition coefficient (Wildman–Crippen LogP) is 4.89. The van der Waals surface area contributed by atoms with Crippen molar-refractivity contribution >= 4 is 10.8 Å². The molecule has 0 aliphatic carbocycles. The van der Waals surface area contributed by atoms with E-state index in [0.717, 1.165) is 17.9 Å². The van der Waals surface area contributed by atoms with Gasteiger partial charge >= 0.3 is 0 Å². The molecule has 1 unspecified atom stereocenters. The lowest BCUT2D eigenvalue weighted by atomic mass is 10.0. The summed E-state index contributed by atoms with van der Waals surface area (Å²) in [4.78, 5) is 0. The van der Waals surface area contributed by atoms with Crippen LogP contribution in [0.5, 0.6) is 11.5 Å². The number of hydrogen-bond donors (Lipinski definition) is 1. The molecule has 0 saturated carbocycles. The van der Waals surface area contributed by atoms with Gasteiger partial charge in [-0.15, -0.1) is 0 Å². The van der Waals surface area contributed by atoms with E-state index in [1.165, 1.54) is 21.9 Å². The fraction of sp³-hybridized carbons (Fsp3) is 0.273. The molecule has 3 aromatic carbocycles. The van der Waals surface area contributed by atoms with Crippen LogP contribution in [0.4, 0.5) is 0 Å². The number of hydrogen-bond acceptors (Lipinski definition) is 3. The zero-order valence-electron chi connectivity index (χ0n) is 15.1. The highest BCUT2D eigenvalue weighted by Gasteiger charge is 2.10. The zero-order chi connectivity index (χ0) is 17.6. The number of aryl methyl sites for hydroxylation is 1. The molecule has 0 fully saturated rings. The molecule has 0 aliphatic rings. The average molecular weight is 335 g/mol. The second kappa shape index (κ2) is 8.04. The number of fused-ring (bicyclic) bond motifs is 1.